The third-order valence-electron chi connectivity index (χ3n) is 3.20. The van der Waals surface area contributed by atoms with Gasteiger partial charge in [-0.2, -0.15) is 0 Å². The van der Waals surface area contributed by atoms with Crippen molar-refractivity contribution in [2.75, 3.05) is 6.54 Å². The number of sulfonamides is 1. The average Bonchev–Trinajstić information content (AvgIpc) is 2.90. The number of hydrogen-bond donors (Lipinski definition) is 3. The van der Waals surface area contributed by atoms with E-state index in [1.807, 2.05) is 35.8 Å². The molecule has 7 nitrogen and oxygen atoms in total. The Kier molecular flexibility index (Phi) is 4.96. The van der Waals surface area contributed by atoms with Crippen LogP contribution in [0.3, 0.4) is 0 Å². The molecule has 2 aromatic rings. The molecule has 8 heteroatoms. The number of hydrogen-bond acceptors (Lipinski definition) is 4. The van der Waals surface area contributed by atoms with E-state index in [2.05, 4.69) is 4.72 Å². The van der Waals surface area contributed by atoms with Crippen LogP contribution < -0.4 is 16.0 Å². The molecular weight excluding hydrogens is 304 g/mol. The van der Waals surface area contributed by atoms with E-state index in [4.69, 9.17) is 5.84 Å². The smallest absolute Gasteiger partial charge is 0.281 e. The number of amides is 1. The predicted molar refractivity (Wildman–Crippen MR) is 82.4 cm³/mol. The molecule has 1 heterocycles. The molecule has 1 aromatic heterocycles. The zero-order chi connectivity index (χ0) is 16.2. The Morgan fingerprint density at radius 1 is 1.27 bits per heavy atom. The minimum atomic E-state index is -3.67. The zero-order valence-corrected chi connectivity index (χ0v) is 12.9. The lowest BCUT2D eigenvalue weighted by Crippen LogP contribution is -2.31. The minimum absolute atomic E-state index is 0.0293. The number of carbonyl (C=O) groups is 1. The summed E-state index contributed by atoms with van der Waals surface area (Å²) in [6, 6.07) is 10.9. The molecule has 0 saturated carbocycles. The molecule has 0 spiro atoms. The predicted octanol–water partition coefficient (Wildman–Crippen LogP) is 0.150. The van der Waals surface area contributed by atoms with Crippen LogP contribution in [0.15, 0.2) is 47.5 Å². The van der Waals surface area contributed by atoms with Crippen LogP contribution in [-0.4, -0.2) is 25.4 Å². The standard InChI is InChI=1S/C14H18N4O3S/c1-18-10-12(9-13(18)14(19)17-15)22(20,21)16-8-7-11-5-3-2-4-6-11/h2-6,9-10,16H,7-8,15H2,1H3,(H,17,19). The van der Waals surface area contributed by atoms with Gasteiger partial charge in [-0.3, -0.25) is 10.2 Å². The van der Waals surface area contributed by atoms with Gasteiger partial charge in [0, 0.05) is 19.8 Å². The van der Waals surface area contributed by atoms with Gasteiger partial charge in [0.1, 0.15) is 10.6 Å². The molecule has 0 fully saturated rings. The highest BCUT2D eigenvalue weighted by Gasteiger charge is 2.19. The minimum Gasteiger partial charge on any atom is -0.345 e. The van der Waals surface area contributed by atoms with E-state index in [-0.39, 0.29) is 17.1 Å². The largest absolute Gasteiger partial charge is 0.345 e. The molecule has 0 aliphatic carbocycles. The number of nitrogen functional groups attached to an aromatic ring is 1. The van der Waals surface area contributed by atoms with E-state index < -0.39 is 15.9 Å². The van der Waals surface area contributed by atoms with Crippen molar-refractivity contribution < 1.29 is 13.2 Å². The fourth-order valence-electron chi connectivity index (χ4n) is 2.04. The second-order valence-electron chi connectivity index (χ2n) is 4.78. The number of carbonyl (C=O) groups excluding carboxylic acids is 1. The van der Waals surface area contributed by atoms with Crippen LogP contribution in [0.25, 0.3) is 0 Å². The molecule has 0 atom stereocenters. The average molecular weight is 322 g/mol. The number of nitrogens with two attached hydrogens (primary N) is 1. The van der Waals surface area contributed by atoms with Crippen LogP contribution in [0.1, 0.15) is 16.1 Å². The van der Waals surface area contributed by atoms with Gasteiger partial charge in [0.15, 0.2) is 0 Å². The molecule has 0 unspecified atom stereocenters. The van der Waals surface area contributed by atoms with Crippen molar-refractivity contribution >= 4 is 15.9 Å². The van der Waals surface area contributed by atoms with Gasteiger partial charge in [0.05, 0.1) is 0 Å². The van der Waals surface area contributed by atoms with E-state index in [9.17, 15) is 13.2 Å². The first-order chi connectivity index (χ1) is 10.4. The molecule has 0 bridgehead atoms. The van der Waals surface area contributed by atoms with Crippen molar-refractivity contribution in [1.82, 2.24) is 14.7 Å². The Labute approximate surface area is 129 Å². The van der Waals surface area contributed by atoms with Gasteiger partial charge in [-0.15, -0.1) is 0 Å². The van der Waals surface area contributed by atoms with E-state index in [0.717, 1.165) is 5.56 Å². The fourth-order valence-corrected chi connectivity index (χ4v) is 3.14. The number of rotatable bonds is 6. The van der Waals surface area contributed by atoms with Crippen molar-refractivity contribution in [3.05, 3.63) is 53.9 Å². The monoisotopic (exact) mass is 322 g/mol. The maximum atomic E-state index is 12.2. The van der Waals surface area contributed by atoms with Gasteiger partial charge in [0.25, 0.3) is 5.91 Å². The number of hydrazine groups is 1. The van der Waals surface area contributed by atoms with Gasteiger partial charge < -0.3 is 4.57 Å². The Balaban J connectivity index is 2.06. The van der Waals surface area contributed by atoms with E-state index in [0.29, 0.717) is 6.42 Å². The van der Waals surface area contributed by atoms with Crippen LogP contribution in [0, 0.1) is 0 Å². The van der Waals surface area contributed by atoms with E-state index in [1.54, 1.807) is 7.05 Å². The Morgan fingerprint density at radius 3 is 2.59 bits per heavy atom. The van der Waals surface area contributed by atoms with E-state index in [1.165, 1.54) is 16.8 Å². The first-order valence-corrected chi connectivity index (χ1v) is 8.13. The normalized spacial score (nSPS) is 11.4. The summed E-state index contributed by atoms with van der Waals surface area (Å²) < 4.78 is 28.4. The lowest BCUT2D eigenvalue weighted by atomic mass is 10.2. The molecule has 1 amide bonds. The molecular formula is C14H18N4O3S. The zero-order valence-electron chi connectivity index (χ0n) is 12.1. The summed E-state index contributed by atoms with van der Waals surface area (Å²) >= 11 is 0. The SMILES string of the molecule is Cn1cc(S(=O)(=O)NCCc2ccccc2)cc1C(=O)NN. The lowest BCUT2D eigenvalue weighted by Gasteiger charge is -2.05. The Hall–Kier alpha value is -2.16. The van der Waals surface area contributed by atoms with Crippen molar-refractivity contribution in [3.63, 3.8) is 0 Å². The summed E-state index contributed by atoms with van der Waals surface area (Å²) in [7, 11) is -2.09. The summed E-state index contributed by atoms with van der Waals surface area (Å²) in [6.45, 7) is 0.277. The second kappa shape index (κ2) is 6.73. The van der Waals surface area contributed by atoms with Crippen LogP contribution >= 0.6 is 0 Å². The summed E-state index contributed by atoms with van der Waals surface area (Å²) in [5, 5.41) is 0. The van der Waals surface area contributed by atoms with Crippen molar-refractivity contribution in [3.8, 4) is 0 Å². The molecule has 22 heavy (non-hydrogen) atoms. The van der Waals surface area contributed by atoms with Gasteiger partial charge in [-0.25, -0.2) is 19.0 Å². The number of aromatic nitrogens is 1. The number of benzene rings is 1. The molecule has 2 rings (SSSR count). The van der Waals surface area contributed by atoms with Crippen molar-refractivity contribution in [1.29, 1.82) is 0 Å². The summed E-state index contributed by atoms with van der Waals surface area (Å²) in [6.07, 6.45) is 1.96. The number of nitrogens with zero attached hydrogens (tertiary/aromatic N) is 1. The highest BCUT2D eigenvalue weighted by Crippen LogP contribution is 2.13. The van der Waals surface area contributed by atoms with Crippen LogP contribution in [-0.2, 0) is 23.5 Å². The van der Waals surface area contributed by atoms with Crippen LogP contribution in [0.4, 0.5) is 0 Å². The Bertz CT molecular complexity index is 754. The molecule has 0 saturated heterocycles. The van der Waals surface area contributed by atoms with Gasteiger partial charge in [-0.05, 0) is 18.1 Å². The van der Waals surface area contributed by atoms with Gasteiger partial charge in [-0.1, -0.05) is 30.3 Å². The topological polar surface area (TPSA) is 106 Å². The fraction of sp³-hybridized carbons (Fsp3) is 0.214. The molecule has 0 aliphatic rings. The van der Waals surface area contributed by atoms with Gasteiger partial charge in [0.2, 0.25) is 10.0 Å². The van der Waals surface area contributed by atoms with Crippen LogP contribution in [0.5, 0.6) is 0 Å². The highest BCUT2D eigenvalue weighted by atomic mass is 32.2. The van der Waals surface area contributed by atoms with Crippen molar-refractivity contribution in [2.45, 2.75) is 11.3 Å². The molecule has 0 radical (unpaired) electrons. The molecule has 1 aromatic carbocycles. The molecule has 4 N–H and O–H groups in total. The second-order valence-corrected chi connectivity index (χ2v) is 6.55. The van der Waals surface area contributed by atoms with E-state index >= 15 is 0 Å². The lowest BCUT2D eigenvalue weighted by molar-refractivity contribution is 0.0945. The third-order valence-corrected chi connectivity index (χ3v) is 4.63. The van der Waals surface area contributed by atoms with Gasteiger partial charge >= 0.3 is 0 Å². The Morgan fingerprint density at radius 2 is 1.95 bits per heavy atom. The maximum absolute atomic E-state index is 12.2. The molecule has 0 aliphatic heterocycles. The number of nitrogens with one attached hydrogen (secondary N) is 2. The quantitative estimate of drug-likeness (QED) is 0.400. The first-order valence-electron chi connectivity index (χ1n) is 6.65. The first kappa shape index (κ1) is 16.2. The van der Waals surface area contributed by atoms with Crippen molar-refractivity contribution in [2.24, 2.45) is 12.9 Å². The molecule has 118 valence electrons. The maximum Gasteiger partial charge on any atom is 0.281 e. The highest BCUT2D eigenvalue weighted by molar-refractivity contribution is 7.89. The number of aryl methyl sites for hydroxylation is 1. The third kappa shape index (κ3) is 3.73. The summed E-state index contributed by atoms with van der Waals surface area (Å²) in [4.78, 5) is 11.5. The summed E-state index contributed by atoms with van der Waals surface area (Å²) in [5.41, 5.74) is 3.19. The summed E-state index contributed by atoms with van der Waals surface area (Å²) in [5.74, 6) is 4.51. The van der Waals surface area contributed by atoms with Crippen LogP contribution in [0.2, 0.25) is 0 Å².